The second-order valence-corrected chi connectivity index (χ2v) is 5.66. The van der Waals surface area contributed by atoms with Crippen LogP contribution in [0.25, 0.3) is 0 Å². The van der Waals surface area contributed by atoms with Gasteiger partial charge in [0.2, 0.25) is 0 Å². The topological polar surface area (TPSA) is 39.2 Å². The van der Waals surface area contributed by atoms with Crippen molar-refractivity contribution in [2.75, 3.05) is 0 Å². The zero-order valence-corrected chi connectivity index (χ0v) is 12.4. The van der Waals surface area contributed by atoms with Crippen molar-refractivity contribution in [2.24, 2.45) is 5.92 Å². The Morgan fingerprint density at radius 1 is 1.42 bits per heavy atom. The monoisotopic (exact) mass is 301 g/mol. The Labute approximate surface area is 123 Å². The summed E-state index contributed by atoms with van der Waals surface area (Å²) in [6.07, 6.45) is 6.88. The maximum atomic E-state index is 12.1. The van der Waals surface area contributed by atoms with Crippen LogP contribution in [0.1, 0.15) is 49.4 Å². The maximum absolute atomic E-state index is 12.1. The average molecular weight is 302 g/mol. The maximum Gasteiger partial charge on any atom is 0.340 e. The first-order valence-electron chi connectivity index (χ1n) is 6.63. The molecular weight excluding hydrogens is 285 g/mol. The summed E-state index contributed by atoms with van der Waals surface area (Å²) in [5, 5.41) is 0.467. The first kappa shape index (κ1) is 14.6. The molecule has 1 aromatic heterocycles. The van der Waals surface area contributed by atoms with Gasteiger partial charge in [-0.25, -0.2) is 9.78 Å². The molecule has 0 bridgehead atoms. The molecule has 19 heavy (non-hydrogen) atoms. The Morgan fingerprint density at radius 3 is 2.84 bits per heavy atom. The van der Waals surface area contributed by atoms with E-state index in [4.69, 9.17) is 27.9 Å². The molecule has 2 atom stereocenters. The van der Waals surface area contributed by atoms with E-state index in [0.717, 1.165) is 25.7 Å². The van der Waals surface area contributed by atoms with Crippen molar-refractivity contribution in [3.63, 3.8) is 0 Å². The van der Waals surface area contributed by atoms with Crippen LogP contribution < -0.4 is 0 Å². The molecule has 5 heteroatoms. The molecule has 1 fully saturated rings. The number of carbonyl (C=O) groups is 1. The minimum Gasteiger partial charge on any atom is -0.458 e. The Kier molecular flexibility index (Phi) is 5.06. The Balaban J connectivity index is 2.05. The van der Waals surface area contributed by atoms with Gasteiger partial charge in [-0.1, -0.05) is 36.5 Å². The van der Waals surface area contributed by atoms with Crippen LogP contribution >= 0.6 is 23.2 Å². The number of hydrogen-bond acceptors (Lipinski definition) is 3. The van der Waals surface area contributed by atoms with E-state index < -0.39 is 0 Å². The van der Waals surface area contributed by atoms with Crippen molar-refractivity contribution >= 4 is 29.2 Å². The Bertz CT molecular complexity index is 465. The molecule has 1 heterocycles. The lowest BCUT2D eigenvalue weighted by Crippen LogP contribution is -2.29. The first-order chi connectivity index (χ1) is 9.11. The number of carbonyl (C=O) groups excluding carboxylic acids is 1. The fraction of sp³-hybridized carbons (Fsp3) is 0.571. The first-order valence-corrected chi connectivity index (χ1v) is 7.39. The van der Waals surface area contributed by atoms with Gasteiger partial charge in [0.25, 0.3) is 0 Å². The number of halogens is 2. The summed E-state index contributed by atoms with van der Waals surface area (Å²) in [5.41, 5.74) is 0.356. The van der Waals surface area contributed by atoms with Crippen molar-refractivity contribution in [3.8, 4) is 0 Å². The molecule has 0 saturated heterocycles. The number of rotatable bonds is 3. The Morgan fingerprint density at radius 2 is 2.16 bits per heavy atom. The number of ether oxygens (including phenoxy) is 1. The number of esters is 1. The summed E-state index contributed by atoms with van der Waals surface area (Å²) in [7, 11) is 0. The fourth-order valence-corrected chi connectivity index (χ4v) is 2.80. The van der Waals surface area contributed by atoms with Crippen LogP contribution in [0.2, 0.25) is 10.2 Å². The van der Waals surface area contributed by atoms with Gasteiger partial charge in [0.15, 0.2) is 0 Å². The highest BCUT2D eigenvalue weighted by atomic mass is 35.5. The van der Waals surface area contributed by atoms with Crippen molar-refractivity contribution < 1.29 is 9.53 Å². The average Bonchev–Trinajstić information content (AvgIpc) is 2.42. The van der Waals surface area contributed by atoms with Crippen molar-refractivity contribution in [1.82, 2.24) is 4.98 Å². The van der Waals surface area contributed by atoms with Crippen LogP contribution in [0.3, 0.4) is 0 Å². The minimum atomic E-state index is -0.364. The molecule has 0 amide bonds. The molecule has 1 aromatic rings. The highest BCUT2D eigenvalue weighted by Crippen LogP contribution is 2.30. The quantitative estimate of drug-likeness (QED) is 0.609. The van der Waals surface area contributed by atoms with Gasteiger partial charge in [-0.05, 0) is 37.7 Å². The van der Waals surface area contributed by atoms with Crippen LogP contribution in [-0.2, 0) is 4.74 Å². The molecular formula is C14H17Cl2NO2. The smallest absolute Gasteiger partial charge is 0.340 e. The normalized spacial score (nSPS) is 23.1. The van der Waals surface area contributed by atoms with Gasteiger partial charge in [-0.2, -0.15) is 0 Å². The third-order valence-corrected chi connectivity index (χ3v) is 4.34. The van der Waals surface area contributed by atoms with E-state index in [2.05, 4.69) is 11.9 Å². The van der Waals surface area contributed by atoms with Crippen LogP contribution in [0.5, 0.6) is 0 Å². The lowest BCUT2D eigenvalue weighted by atomic mass is 9.85. The molecule has 0 N–H and O–H groups in total. The molecule has 0 spiro atoms. The van der Waals surface area contributed by atoms with Gasteiger partial charge < -0.3 is 4.74 Å². The summed E-state index contributed by atoms with van der Waals surface area (Å²) in [6.45, 7) is 2.14. The van der Waals surface area contributed by atoms with Crippen molar-refractivity contribution in [1.29, 1.82) is 0 Å². The fourth-order valence-electron chi connectivity index (χ4n) is 2.53. The zero-order valence-electron chi connectivity index (χ0n) is 10.9. The molecule has 0 aliphatic heterocycles. The summed E-state index contributed by atoms with van der Waals surface area (Å²) < 4.78 is 5.60. The van der Waals surface area contributed by atoms with Gasteiger partial charge >= 0.3 is 5.97 Å². The summed E-state index contributed by atoms with van der Waals surface area (Å²) in [5.74, 6) is 0.102. The number of pyridine rings is 1. The molecule has 3 nitrogen and oxygen atoms in total. The van der Waals surface area contributed by atoms with E-state index in [1.165, 1.54) is 18.7 Å². The molecule has 1 aliphatic carbocycles. The standard InChI is InChI=1S/C14H17Cl2NO2/c1-2-9-5-3-4-6-12(9)19-14(18)10-7-11(15)13(16)17-8-10/h7-9,12H,2-6H2,1H3. The molecule has 1 aliphatic rings. The molecule has 2 rings (SSSR count). The molecule has 1 saturated carbocycles. The minimum absolute atomic E-state index is 0.0145. The SMILES string of the molecule is CCC1CCCCC1OC(=O)c1cnc(Cl)c(Cl)c1. The van der Waals surface area contributed by atoms with Crippen LogP contribution in [0, 0.1) is 5.92 Å². The summed E-state index contributed by atoms with van der Waals surface area (Å²) in [4.78, 5) is 15.9. The van der Waals surface area contributed by atoms with Crippen molar-refractivity contribution in [2.45, 2.75) is 45.1 Å². The Hall–Kier alpha value is -0.800. The largest absolute Gasteiger partial charge is 0.458 e. The zero-order chi connectivity index (χ0) is 13.8. The summed E-state index contributed by atoms with van der Waals surface area (Å²) in [6, 6.07) is 1.50. The number of hydrogen-bond donors (Lipinski definition) is 0. The predicted molar refractivity (Wildman–Crippen MR) is 75.7 cm³/mol. The van der Waals surface area contributed by atoms with Crippen LogP contribution in [0.15, 0.2) is 12.3 Å². The van der Waals surface area contributed by atoms with Gasteiger partial charge in [0, 0.05) is 6.20 Å². The van der Waals surface area contributed by atoms with E-state index in [0.29, 0.717) is 11.5 Å². The van der Waals surface area contributed by atoms with E-state index in [9.17, 15) is 4.79 Å². The van der Waals surface area contributed by atoms with Crippen LogP contribution in [0.4, 0.5) is 0 Å². The molecule has 0 aromatic carbocycles. The predicted octanol–water partition coefficient (Wildman–Crippen LogP) is 4.51. The van der Waals surface area contributed by atoms with E-state index in [1.54, 1.807) is 0 Å². The highest BCUT2D eigenvalue weighted by Gasteiger charge is 2.27. The van der Waals surface area contributed by atoms with E-state index in [-0.39, 0.29) is 22.2 Å². The van der Waals surface area contributed by atoms with Gasteiger partial charge in [0.05, 0.1) is 10.6 Å². The van der Waals surface area contributed by atoms with Crippen LogP contribution in [-0.4, -0.2) is 17.1 Å². The highest BCUT2D eigenvalue weighted by molar-refractivity contribution is 6.41. The van der Waals surface area contributed by atoms with Gasteiger partial charge in [-0.15, -0.1) is 0 Å². The van der Waals surface area contributed by atoms with E-state index in [1.807, 2.05) is 0 Å². The van der Waals surface area contributed by atoms with Gasteiger partial charge in [-0.3, -0.25) is 0 Å². The second kappa shape index (κ2) is 6.58. The molecule has 104 valence electrons. The summed E-state index contributed by atoms with van der Waals surface area (Å²) >= 11 is 11.6. The number of nitrogens with zero attached hydrogens (tertiary/aromatic N) is 1. The van der Waals surface area contributed by atoms with E-state index >= 15 is 0 Å². The lowest BCUT2D eigenvalue weighted by molar-refractivity contribution is 0.000671. The van der Waals surface area contributed by atoms with Crippen molar-refractivity contribution in [3.05, 3.63) is 28.0 Å². The number of aromatic nitrogens is 1. The molecule has 2 unspecified atom stereocenters. The lowest BCUT2D eigenvalue weighted by Gasteiger charge is -2.30. The van der Waals surface area contributed by atoms with Gasteiger partial charge in [0.1, 0.15) is 11.3 Å². The molecule has 0 radical (unpaired) electrons. The third kappa shape index (κ3) is 3.61. The third-order valence-electron chi connectivity index (χ3n) is 3.65. The second-order valence-electron chi connectivity index (χ2n) is 4.89.